The molecule has 1 fully saturated rings. The Bertz CT molecular complexity index is 211. The minimum atomic E-state index is -0.631. The van der Waals surface area contributed by atoms with Crippen molar-refractivity contribution in [1.82, 2.24) is 10.2 Å². The van der Waals surface area contributed by atoms with Gasteiger partial charge in [0.25, 0.3) is 0 Å². The van der Waals surface area contributed by atoms with Crippen LogP contribution in [0.25, 0.3) is 0 Å². The quantitative estimate of drug-likeness (QED) is 0.809. The molecule has 0 saturated carbocycles. The molecule has 1 rings (SSSR count). The van der Waals surface area contributed by atoms with Gasteiger partial charge in [0, 0.05) is 34.9 Å². The summed E-state index contributed by atoms with van der Waals surface area (Å²) in [4.78, 5) is 2.53. The Morgan fingerprint density at radius 3 is 2.31 bits per heavy atom. The van der Waals surface area contributed by atoms with E-state index in [-0.39, 0.29) is 0 Å². The van der Waals surface area contributed by atoms with E-state index >= 15 is 0 Å². The second kappa shape index (κ2) is 7.41. The largest absolute Gasteiger partial charge is 0.312 e. The molecule has 0 aromatic heterocycles. The van der Waals surface area contributed by atoms with Crippen molar-refractivity contribution in [3.05, 3.63) is 0 Å². The van der Waals surface area contributed by atoms with Gasteiger partial charge in [-0.2, -0.15) is 0 Å². The second-order valence-electron chi connectivity index (χ2n) is 5.02. The highest BCUT2D eigenvalue weighted by molar-refractivity contribution is 7.84. The van der Waals surface area contributed by atoms with E-state index in [2.05, 4.69) is 24.1 Å². The van der Waals surface area contributed by atoms with E-state index in [1.807, 2.05) is 0 Å². The normalized spacial score (nSPS) is 30.7. The summed E-state index contributed by atoms with van der Waals surface area (Å²) >= 11 is 0. The van der Waals surface area contributed by atoms with E-state index in [1.165, 1.54) is 25.9 Å². The van der Waals surface area contributed by atoms with Crippen LogP contribution in [0.3, 0.4) is 0 Å². The van der Waals surface area contributed by atoms with Gasteiger partial charge in [0.15, 0.2) is 0 Å². The van der Waals surface area contributed by atoms with Crippen molar-refractivity contribution in [3.8, 4) is 0 Å². The Kier molecular flexibility index (Phi) is 6.54. The van der Waals surface area contributed by atoms with E-state index in [9.17, 15) is 4.21 Å². The van der Waals surface area contributed by atoms with Crippen LogP contribution in [0.15, 0.2) is 0 Å². The molecule has 1 aliphatic rings. The maximum Gasteiger partial charge on any atom is 0.0244 e. The van der Waals surface area contributed by atoms with Crippen molar-refractivity contribution < 1.29 is 4.21 Å². The van der Waals surface area contributed by atoms with E-state index in [0.717, 1.165) is 18.7 Å². The van der Waals surface area contributed by atoms with Crippen LogP contribution in [-0.4, -0.2) is 52.8 Å². The van der Waals surface area contributed by atoms with Crippen LogP contribution >= 0.6 is 0 Å². The van der Waals surface area contributed by atoms with Gasteiger partial charge in [0.2, 0.25) is 0 Å². The zero-order valence-corrected chi connectivity index (χ0v) is 11.7. The molecule has 3 nitrogen and oxygen atoms in total. The molecule has 0 radical (unpaired) electrons. The van der Waals surface area contributed by atoms with Crippen LogP contribution < -0.4 is 5.32 Å². The predicted octanol–water partition coefficient (Wildman–Crippen LogP) is 1.22. The molecule has 0 aromatic carbocycles. The summed E-state index contributed by atoms with van der Waals surface area (Å²) in [6.45, 7) is 8.00. The molecule has 1 N–H and O–H groups in total. The third-order valence-electron chi connectivity index (χ3n) is 3.23. The first-order chi connectivity index (χ1) is 7.58. The lowest BCUT2D eigenvalue weighted by Gasteiger charge is -2.30. The molecule has 0 aliphatic carbocycles. The van der Waals surface area contributed by atoms with Gasteiger partial charge in [-0.25, -0.2) is 0 Å². The molecular weight excluding hydrogens is 220 g/mol. The lowest BCUT2D eigenvalue weighted by atomic mass is 10.1. The van der Waals surface area contributed by atoms with Crippen LogP contribution in [0.2, 0.25) is 0 Å². The molecule has 96 valence electrons. The molecule has 3 unspecified atom stereocenters. The van der Waals surface area contributed by atoms with Crippen LogP contribution in [0.4, 0.5) is 0 Å². The van der Waals surface area contributed by atoms with Gasteiger partial charge >= 0.3 is 0 Å². The fourth-order valence-corrected chi connectivity index (χ4v) is 2.77. The smallest absolute Gasteiger partial charge is 0.0244 e. The third kappa shape index (κ3) is 5.97. The van der Waals surface area contributed by atoms with Crippen molar-refractivity contribution in [2.45, 2.75) is 45.2 Å². The average molecular weight is 246 g/mol. The van der Waals surface area contributed by atoms with Crippen molar-refractivity contribution in [2.75, 3.05) is 31.6 Å². The molecule has 3 atom stereocenters. The molecule has 0 aromatic rings. The summed E-state index contributed by atoms with van der Waals surface area (Å²) in [6, 6.07) is 1.25. The number of hydrogen-bond acceptors (Lipinski definition) is 3. The van der Waals surface area contributed by atoms with E-state index in [4.69, 9.17) is 0 Å². The van der Waals surface area contributed by atoms with Crippen LogP contribution in [0.1, 0.15) is 33.1 Å². The summed E-state index contributed by atoms with van der Waals surface area (Å²) in [5.74, 6) is 0.847. The molecule has 0 amide bonds. The highest BCUT2D eigenvalue weighted by Crippen LogP contribution is 2.07. The number of hydrogen-bond donors (Lipinski definition) is 1. The first kappa shape index (κ1) is 14.1. The van der Waals surface area contributed by atoms with Gasteiger partial charge in [-0.3, -0.25) is 4.21 Å². The minimum Gasteiger partial charge on any atom is -0.312 e. The second-order valence-corrected chi connectivity index (χ2v) is 6.57. The lowest BCUT2D eigenvalue weighted by molar-refractivity contribution is 0.219. The Balaban J connectivity index is 2.26. The lowest BCUT2D eigenvalue weighted by Crippen LogP contribution is -2.43. The number of nitrogens with zero attached hydrogens (tertiary/aromatic N) is 1. The summed E-state index contributed by atoms with van der Waals surface area (Å²) in [6.07, 6.45) is 5.31. The van der Waals surface area contributed by atoms with Gasteiger partial charge in [0.05, 0.1) is 0 Å². The van der Waals surface area contributed by atoms with Crippen molar-refractivity contribution in [2.24, 2.45) is 0 Å². The highest BCUT2D eigenvalue weighted by atomic mass is 32.2. The van der Waals surface area contributed by atoms with E-state index in [0.29, 0.717) is 12.1 Å². The molecule has 1 aliphatic heterocycles. The van der Waals surface area contributed by atoms with Gasteiger partial charge in [-0.1, -0.05) is 0 Å². The Morgan fingerprint density at radius 1 is 1.25 bits per heavy atom. The predicted molar refractivity (Wildman–Crippen MR) is 71.3 cm³/mol. The van der Waals surface area contributed by atoms with Crippen LogP contribution in [0.5, 0.6) is 0 Å². The molecule has 16 heavy (non-hydrogen) atoms. The first-order valence-electron chi connectivity index (χ1n) is 6.36. The van der Waals surface area contributed by atoms with Crippen LogP contribution in [0, 0.1) is 0 Å². The van der Waals surface area contributed by atoms with Gasteiger partial charge < -0.3 is 10.2 Å². The van der Waals surface area contributed by atoms with Gasteiger partial charge in [0.1, 0.15) is 0 Å². The molecule has 1 saturated heterocycles. The zero-order valence-electron chi connectivity index (χ0n) is 10.9. The molecular formula is C12H26N2OS. The summed E-state index contributed by atoms with van der Waals surface area (Å²) in [7, 11) is -0.631. The van der Waals surface area contributed by atoms with Gasteiger partial charge in [-0.15, -0.1) is 0 Å². The minimum absolute atomic E-state index is 0.623. The summed E-state index contributed by atoms with van der Waals surface area (Å²) in [5, 5.41) is 3.60. The first-order valence-corrected chi connectivity index (χ1v) is 8.09. The zero-order chi connectivity index (χ0) is 12.0. The maximum atomic E-state index is 11.0. The monoisotopic (exact) mass is 246 g/mol. The molecule has 1 heterocycles. The maximum absolute atomic E-state index is 11.0. The average Bonchev–Trinajstić information content (AvgIpc) is 2.18. The fourth-order valence-electron chi connectivity index (χ4n) is 2.23. The molecule has 4 heteroatoms. The summed E-state index contributed by atoms with van der Waals surface area (Å²) < 4.78 is 11.0. The Hall–Kier alpha value is 0.0700. The van der Waals surface area contributed by atoms with Gasteiger partial charge in [-0.05, 0) is 52.7 Å². The molecule has 0 spiro atoms. The van der Waals surface area contributed by atoms with Crippen LogP contribution in [-0.2, 0) is 10.8 Å². The SMILES string of the molecule is CC1CCN(CCCS(C)=O)CCC(C)N1. The van der Waals surface area contributed by atoms with E-state index < -0.39 is 10.8 Å². The highest BCUT2D eigenvalue weighted by Gasteiger charge is 2.15. The Morgan fingerprint density at radius 2 is 1.81 bits per heavy atom. The number of rotatable bonds is 4. The number of nitrogens with one attached hydrogen (secondary N) is 1. The Labute approximate surface area is 102 Å². The molecule has 0 bridgehead atoms. The summed E-state index contributed by atoms with van der Waals surface area (Å²) in [5.41, 5.74) is 0. The third-order valence-corrected chi connectivity index (χ3v) is 4.10. The standard InChI is InChI=1S/C12H26N2OS/c1-11-5-8-14(7-4-10-16(3)15)9-6-12(2)13-11/h11-13H,4-10H2,1-3H3. The van der Waals surface area contributed by atoms with E-state index in [1.54, 1.807) is 6.26 Å². The fraction of sp³-hybridized carbons (Fsp3) is 1.00. The topological polar surface area (TPSA) is 32.3 Å². The van der Waals surface area contributed by atoms with Crippen molar-refractivity contribution in [1.29, 1.82) is 0 Å². The van der Waals surface area contributed by atoms with Crippen molar-refractivity contribution >= 4 is 10.8 Å². The van der Waals surface area contributed by atoms with Crippen molar-refractivity contribution in [3.63, 3.8) is 0 Å².